The summed E-state index contributed by atoms with van der Waals surface area (Å²) in [5, 5.41) is 0. The van der Waals surface area contributed by atoms with Gasteiger partial charge in [-0.25, -0.2) is 4.79 Å². The molecule has 3 rings (SSSR count). The minimum absolute atomic E-state index is 0.295. The Kier molecular flexibility index (Phi) is 2.59. The van der Waals surface area contributed by atoms with Gasteiger partial charge in [0.1, 0.15) is 5.75 Å². The second-order valence-electron chi connectivity index (χ2n) is 4.40. The van der Waals surface area contributed by atoms with Gasteiger partial charge in [-0.15, -0.1) is 0 Å². The first-order valence-corrected chi connectivity index (χ1v) is 6.00. The van der Waals surface area contributed by atoms with Crippen LogP contribution < -0.4 is 4.74 Å². The highest BCUT2D eigenvalue weighted by atomic mass is 16.8. The third kappa shape index (κ3) is 1.88. The first-order chi connectivity index (χ1) is 8.69. The minimum Gasteiger partial charge on any atom is -0.463 e. The average molecular weight is 246 g/mol. The molecule has 2 atom stereocenters. The van der Waals surface area contributed by atoms with Crippen molar-refractivity contribution in [2.75, 3.05) is 6.61 Å². The SMILES string of the molecule is CCOC(=O)C1=Cc2cc(C)ccc2OC2OC12. The van der Waals surface area contributed by atoms with Crippen LogP contribution in [0.3, 0.4) is 0 Å². The number of aryl methyl sites for hydroxylation is 1. The molecule has 0 aliphatic carbocycles. The second-order valence-corrected chi connectivity index (χ2v) is 4.40. The molecule has 0 spiro atoms. The topological polar surface area (TPSA) is 48.1 Å². The fraction of sp³-hybridized carbons (Fsp3) is 0.357. The predicted octanol–water partition coefficient (Wildman–Crippen LogP) is 2.06. The van der Waals surface area contributed by atoms with Crippen molar-refractivity contribution in [1.82, 2.24) is 0 Å². The third-order valence-corrected chi connectivity index (χ3v) is 2.99. The summed E-state index contributed by atoms with van der Waals surface area (Å²) in [7, 11) is 0. The minimum atomic E-state index is -0.357. The first-order valence-electron chi connectivity index (χ1n) is 6.00. The zero-order valence-corrected chi connectivity index (χ0v) is 10.3. The van der Waals surface area contributed by atoms with Crippen molar-refractivity contribution in [3.05, 3.63) is 34.9 Å². The van der Waals surface area contributed by atoms with Gasteiger partial charge in [0.2, 0.25) is 6.29 Å². The van der Waals surface area contributed by atoms with Gasteiger partial charge < -0.3 is 14.2 Å². The molecule has 0 amide bonds. The maximum absolute atomic E-state index is 11.9. The largest absolute Gasteiger partial charge is 0.463 e. The van der Waals surface area contributed by atoms with Crippen LogP contribution in [0.2, 0.25) is 0 Å². The van der Waals surface area contributed by atoms with Crippen LogP contribution in [-0.4, -0.2) is 25.0 Å². The van der Waals surface area contributed by atoms with E-state index in [2.05, 4.69) is 0 Å². The van der Waals surface area contributed by atoms with Crippen molar-refractivity contribution in [2.45, 2.75) is 26.2 Å². The summed E-state index contributed by atoms with van der Waals surface area (Å²) < 4.78 is 16.0. The molecule has 94 valence electrons. The van der Waals surface area contributed by atoms with Crippen LogP contribution in [0.25, 0.3) is 6.08 Å². The third-order valence-electron chi connectivity index (χ3n) is 2.99. The lowest BCUT2D eigenvalue weighted by atomic mass is 10.1. The lowest BCUT2D eigenvalue weighted by molar-refractivity contribution is -0.138. The zero-order chi connectivity index (χ0) is 12.7. The lowest BCUT2D eigenvalue weighted by Crippen LogP contribution is -2.14. The highest BCUT2D eigenvalue weighted by Gasteiger charge is 2.49. The Hall–Kier alpha value is -1.81. The summed E-state index contributed by atoms with van der Waals surface area (Å²) in [6.45, 7) is 4.14. The molecule has 18 heavy (non-hydrogen) atoms. The van der Waals surface area contributed by atoms with Crippen molar-refractivity contribution < 1.29 is 19.0 Å². The van der Waals surface area contributed by atoms with E-state index < -0.39 is 0 Å². The van der Waals surface area contributed by atoms with Gasteiger partial charge in [0.25, 0.3) is 0 Å². The molecule has 0 saturated carbocycles. The molecule has 2 unspecified atom stereocenters. The zero-order valence-electron chi connectivity index (χ0n) is 10.3. The van der Waals surface area contributed by atoms with E-state index in [1.54, 1.807) is 13.0 Å². The molecule has 1 aromatic rings. The van der Waals surface area contributed by atoms with Crippen molar-refractivity contribution in [2.24, 2.45) is 0 Å². The Labute approximate surface area is 105 Å². The Morgan fingerprint density at radius 3 is 3.06 bits per heavy atom. The molecule has 4 heteroatoms. The molecule has 0 radical (unpaired) electrons. The molecule has 1 fully saturated rings. The molecule has 2 aliphatic rings. The van der Waals surface area contributed by atoms with Crippen LogP contribution in [0.1, 0.15) is 18.1 Å². The normalized spacial score (nSPS) is 24.0. The summed E-state index contributed by atoms with van der Waals surface area (Å²) in [6, 6.07) is 5.85. The summed E-state index contributed by atoms with van der Waals surface area (Å²) in [4.78, 5) is 11.9. The maximum atomic E-state index is 11.9. The number of epoxide rings is 1. The summed E-state index contributed by atoms with van der Waals surface area (Å²) in [6.07, 6.45) is 1.15. The van der Waals surface area contributed by atoms with E-state index in [1.165, 1.54) is 0 Å². The summed E-state index contributed by atoms with van der Waals surface area (Å²) >= 11 is 0. The van der Waals surface area contributed by atoms with Crippen LogP contribution in [0.15, 0.2) is 23.8 Å². The van der Waals surface area contributed by atoms with E-state index in [1.807, 2.05) is 25.1 Å². The fourth-order valence-corrected chi connectivity index (χ4v) is 2.06. The van der Waals surface area contributed by atoms with Gasteiger partial charge in [0.05, 0.1) is 12.2 Å². The van der Waals surface area contributed by atoms with Crippen LogP contribution in [0.4, 0.5) is 0 Å². The fourth-order valence-electron chi connectivity index (χ4n) is 2.06. The van der Waals surface area contributed by atoms with Crippen molar-refractivity contribution in [3.63, 3.8) is 0 Å². The Balaban J connectivity index is 2.01. The molecule has 0 bridgehead atoms. The Morgan fingerprint density at radius 1 is 1.44 bits per heavy atom. The quantitative estimate of drug-likeness (QED) is 0.592. The van der Waals surface area contributed by atoms with Gasteiger partial charge in [0, 0.05) is 5.56 Å². The van der Waals surface area contributed by atoms with E-state index in [0.717, 1.165) is 16.9 Å². The summed E-state index contributed by atoms with van der Waals surface area (Å²) in [5.74, 6) is 0.412. The molecule has 0 aromatic heterocycles. The smallest absolute Gasteiger partial charge is 0.336 e. The molecular weight excluding hydrogens is 232 g/mol. The highest BCUT2D eigenvalue weighted by Crippen LogP contribution is 2.39. The predicted molar refractivity (Wildman–Crippen MR) is 65.1 cm³/mol. The van der Waals surface area contributed by atoms with Gasteiger partial charge in [-0.3, -0.25) is 0 Å². The van der Waals surface area contributed by atoms with Crippen molar-refractivity contribution >= 4 is 12.0 Å². The number of carbonyl (C=O) groups is 1. The van der Waals surface area contributed by atoms with Crippen LogP contribution in [0.5, 0.6) is 5.75 Å². The van der Waals surface area contributed by atoms with E-state index in [-0.39, 0.29) is 18.4 Å². The Morgan fingerprint density at radius 2 is 2.28 bits per heavy atom. The van der Waals surface area contributed by atoms with Crippen LogP contribution >= 0.6 is 0 Å². The molecule has 2 heterocycles. The van der Waals surface area contributed by atoms with Gasteiger partial charge >= 0.3 is 5.97 Å². The monoisotopic (exact) mass is 246 g/mol. The first kappa shape index (κ1) is 11.3. The Bertz CT molecular complexity index is 533. The number of carbonyl (C=O) groups excluding carboxylic acids is 1. The number of hydrogen-bond acceptors (Lipinski definition) is 4. The standard InChI is InChI=1S/C14H14O4/c1-3-16-13(15)10-7-9-6-8(2)4-5-11(9)17-14-12(10)18-14/h4-7,12,14H,3H2,1-2H3. The molecule has 4 nitrogen and oxygen atoms in total. The van der Waals surface area contributed by atoms with Crippen LogP contribution in [-0.2, 0) is 14.3 Å². The number of esters is 1. The van der Waals surface area contributed by atoms with Gasteiger partial charge in [-0.1, -0.05) is 11.6 Å². The van der Waals surface area contributed by atoms with Crippen LogP contribution in [0, 0.1) is 6.92 Å². The molecule has 1 saturated heterocycles. The number of benzene rings is 1. The molecule has 2 aliphatic heterocycles. The second kappa shape index (κ2) is 4.14. The van der Waals surface area contributed by atoms with E-state index in [9.17, 15) is 4.79 Å². The lowest BCUT2D eigenvalue weighted by Gasteiger charge is -2.06. The summed E-state index contributed by atoms with van der Waals surface area (Å²) in [5.41, 5.74) is 2.55. The van der Waals surface area contributed by atoms with E-state index in [4.69, 9.17) is 14.2 Å². The van der Waals surface area contributed by atoms with Crippen molar-refractivity contribution in [3.8, 4) is 5.75 Å². The van der Waals surface area contributed by atoms with Gasteiger partial charge in [-0.2, -0.15) is 0 Å². The molecule has 0 N–H and O–H groups in total. The van der Waals surface area contributed by atoms with E-state index >= 15 is 0 Å². The molecular formula is C14H14O4. The van der Waals surface area contributed by atoms with E-state index in [0.29, 0.717) is 12.2 Å². The highest BCUT2D eigenvalue weighted by molar-refractivity contribution is 5.96. The number of ether oxygens (including phenoxy) is 3. The average Bonchev–Trinajstić information content (AvgIpc) is 3.08. The number of fused-ring (bicyclic) bond motifs is 2. The van der Waals surface area contributed by atoms with Crippen molar-refractivity contribution in [1.29, 1.82) is 0 Å². The number of hydrogen-bond donors (Lipinski definition) is 0. The van der Waals surface area contributed by atoms with Gasteiger partial charge in [0.15, 0.2) is 6.10 Å². The molecule has 1 aromatic carbocycles. The number of rotatable bonds is 2. The maximum Gasteiger partial charge on any atom is 0.336 e. The van der Waals surface area contributed by atoms with Gasteiger partial charge in [-0.05, 0) is 32.1 Å².